The molecule has 2 aliphatic rings. The van der Waals surface area contributed by atoms with Crippen LogP contribution in [0.3, 0.4) is 0 Å². The second-order valence-electron chi connectivity index (χ2n) is 3.88. The van der Waals surface area contributed by atoms with Crippen LogP contribution >= 0.6 is 11.8 Å². The van der Waals surface area contributed by atoms with Crippen LogP contribution in [0.15, 0.2) is 0 Å². The van der Waals surface area contributed by atoms with Gasteiger partial charge in [-0.05, 0) is 13.8 Å². The maximum Gasteiger partial charge on any atom is 0.244 e. The van der Waals surface area contributed by atoms with E-state index in [-0.39, 0.29) is 22.1 Å². The number of nitrogens with zero attached hydrogens (tertiary/aromatic N) is 1. The second-order valence-corrected chi connectivity index (χ2v) is 5.71. The largest absolute Gasteiger partial charge is 0.351 e. The van der Waals surface area contributed by atoms with Crippen molar-refractivity contribution in [2.75, 3.05) is 6.54 Å². The van der Waals surface area contributed by atoms with E-state index in [2.05, 4.69) is 5.32 Å². The summed E-state index contributed by atoms with van der Waals surface area (Å²) < 4.78 is -0.161. The molecule has 0 aromatic rings. The van der Waals surface area contributed by atoms with Crippen molar-refractivity contribution in [3.05, 3.63) is 0 Å². The van der Waals surface area contributed by atoms with Crippen molar-refractivity contribution >= 4 is 24.1 Å². The lowest BCUT2D eigenvalue weighted by atomic mass is 10.00. The summed E-state index contributed by atoms with van der Waals surface area (Å²) in [5.74, 6) is -0.0293. The van der Waals surface area contributed by atoms with Gasteiger partial charge in [-0.2, -0.15) is 0 Å². The standard InChI is InChI=1S/C8H12N2O2S/c1-8(2)6-7(12)9-3-5(13-8)10(6)4-11/h4-6H,3H2,1-2H3,(H,9,12)/t5-,6-/m0/s1. The van der Waals surface area contributed by atoms with E-state index in [0.29, 0.717) is 6.54 Å². The van der Waals surface area contributed by atoms with Gasteiger partial charge in [-0.25, -0.2) is 0 Å². The number of hydrogen-bond donors (Lipinski definition) is 1. The van der Waals surface area contributed by atoms with Gasteiger partial charge in [0.2, 0.25) is 12.3 Å². The number of hydrogen-bond acceptors (Lipinski definition) is 3. The minimum atomic E-state index is -0.297. The minimum Gasteiger partial charge on any atom is -0.351 e. The van der Waals surface area contributed by atoms with E-state index < -0.39 is 0 Å². The highest BCUT2D eigenvalue weighted by Crippen LogP contribution is 2.44. The first-order chi connectivity index (χ1) is 6.06. The van der Waals surface area contributed by atoms with Crippen molar-refractivity contribution in [2.45, 2.75) is 30.0 Å². The monoisotopic (exact) mass is 200 g/mol. The molecule has 72 valence electrons. The zero-order valence-corrected chi connectivity index (χ0v) is 8.43. The molecule has 2 fully saturated rings. The Morgan fingerprint density at radius 1 is 1.69 bits per heavy atom. The Labute approximate surface area is 81.0 Å². The van der Waals surface area contributed by atoms with Crippen LogP contribution in [0, 0.1) is 0 Å². The molecule has 2 heterocycles. The van der Waals surface area contributed by atoms with Crippen molar-refractivity contribution in [1.29, 1.82) is 0 Å². The van der Waals surface area contributed by atoms with E-state index in [0.717, 1.165) is 6.41 Å². The van der Waals surface area contributed by atoms with Gasteiger partial charge in [-0.15, -0.1) is 11.8 Å². The van der Waals surface area contributed by atoms with Crippen LogP contribution < -0.4 is 5.32 Å². The Morgan fingerprint density at radius 3 is 2.92 bits per heavy atom. The lowest BCUT2D eigenvalue weighted by molar-refractivity contribution is -0.136. The van der Waals surface area contributed by atoms with E-state index in [1.165, 1.54) is 0 Å². The van der Waals surface area contributed by atoms with Gasteiger partial charge in [0.25, 0.3) is 0 Å². The van der Waals surface area contributed by atoms with Gasteiger partial charge in [0, 0.05) is 11.3 Å². The third-order valence-electron chi connectivity index (χ3n) is 2.55. The molecule has 2 atom stereocenters. The van der Waals surface area contributed by atoms with Crippen molar-refractivity contribution in [2.24, 2.45) is 0 Å². The Balaban J connectivity index is 2.36. The second kappa shape index (κ2) is 2.64. The average Bonchev–Trinajstić information content (AvgIpc) is 2.25. The summed E-state index contributed by atoms with van der Waals surface area (Å²) in [6, 6.07) is -0.297. The summed E-state index contributed by atoms with van der Waals surface area (Å²) in [5.41, 5.74) is 0. The number of carbonyl (C=O) groups is 2. The van der Waals surface area contributed by atoms with Gasteiger partial charge < -0.3 is 10.2 Å². The van der Waals surface area contributed by atoms with Gasteiger partial charge in [-0.3, -0.25) is 9.59 Å². The highest BCUT2D eigenvalue weighted by Gasteiger charge is 2.53. The highest BCUT2D eigenvalue weighted by atomic mass is 32.2. The molecule has 0 aliphatic carbocycles. The molecule has 2 aliphatic heterocycles. The lowest BCUT2D eigenvalue weighted by Crippen LogP contribution is -2.58. The molecule has 1 N–H and O–H groups in total. The molecule has 2 saturated heterocycles. The molecular formula is C8H12N2O2S. The van der Waals surface area contributed by atoms with Crippen LogP contribution in [0.5, 0.6) is 0 Å². The Bertz CT molecular complexity index is 267. The zero-order valence-electron chi connectivity index (χ0n) is 7.61. The smallest absolute Gasteiger partial charge is 0.244 e. The fourth-order valence-corrected chi connectivity index (χ4v) is 3.53. The molecule has 2 rings (SSSR count). The number of nitrogens with one attached hydrogen (secondary N) is 1. The molecule has 0 aromatic heterocycles. The van der Waals surface area contributed by atoms with E-state index in [1.807, 2.05) is 13.8 Å². The maximum absolute atomic E-state index is 11.5. The van der Waals surface area contributed by atoms with Crippen LogP contribution in [0.1, 0.15) is 13.8 Å². The predicted octanol–water partition coefficient (Wildman–Crippen LogP) is -0.205. The third-order valence-corrected chi connectivity index (χ3v) is 4.06. The van der Waals surface area contributed by atoms with Crippen LogP contribution in [0.25, 0.3) is 0 Å². The Kier molecular flexibility index (Phi) is 1.80. The molecule has 0 radical (unpaired) electrons. The van der Waals surface area contributed by atoms with Crippen molar-refractivity contribution in [1.82, 2.24) is 10.2 Å². The molecule has 0 unspecified atom stereocenters. The van der Waals surface area contributed by atoms with Crippen LogP contribution in [0.4, 0.5) is 0 Å². The quantitative estimate of drug-likeness (QED) is 0.596. The number of amides is 2. The van der Waals surface area contributed by atoms with E-state index in [4.69, 9.17) is 0 Å². The van der Waals surface area contributed by atoms with Crippen LogP contribution in [-0.4, -0.2) is 39.9 Å². The summed E-state index contributed by atoms with van der Waals surface area (Å²) in [7, 11) is 0. The van der Waals surface area contributed by atoms with Crippen molar-refractivity contribution < 1.29 is 9.59 Å². The van der Waals surface area contributed by atoms with Gasteiger partial charge >= 0.3 is 0 Å². The van der Waals surface area contributed by atoms with E-state index in [9.17, 15) is 9.59 Å². The molecule has 0 aromatic carbocycles. The first-order valence-electron chi connectivity index (χ1n) is 4.24. The Morgan fingerprint density at radius 2 is 2.38 bits per heavy atom. The third kappa shape index (κ3) is 1.14. The number of rotatable bonds is 1. The molecule has 13 heavy (non-hydrogen) atoms. The highest BCUT2D eigenvalue weighted by molar-refractivity contribution is 8.01. The summed E-state index contributed by atoms with van der Waals surface area (Å²) in [5, 5.41) is 2.92. The van der Waals surface area contributed by atoms with Gasteiger partial charge in [-0.1, -0.05) is 0 Å². The Hall–Kier alpha value is -0.710. The fourth-order valence-electron chi connectivity index (χ4n) is 2.01. The predicted molar refractivity (Wildman–Crippen MR) is 50.2 cm³/mol. The molecule has 0 saturated carbocycles. The summed E-state index contributed by atoms with van der Waals surface area (Å²) in [4.78, 5) is 23.9. The zero-order chi connectivity index (χ0) is 9.64. The van der Waals surface area contributed by atoms with E-state index in [1.54, 1.807) is 16.7 Å². The molecule has 2 amide bonds. The normalized spacial score (nSPS) is 35.8. The van der Waals surface area contributed by atoms with Crippen LogP contribution in [0.2, 0.25) is 0 Å². The van der Waals surface area contributed by atoms with Gasteiger partial charge in [0.05, 0.1) is 5.37 Å². The summed E-state index contributed by atoms with van der Waals surface area (Å²) in [6.45, 7) is 4.58. The SMILES string of the molecule is CC1(C)S[C@H]2CNC(=O)[C@@H]1N2C=O. The minimum absolute atomic E-state index is 0.0293. The topological polar surface area (TPSA) is 49.4 Å². The maximum atomic E-state index is 11.5. The fraction of sp³-hybridized carbons (Fsp3) is 0.750. The van der Waals surface area contributed by atoms with E-state index >= 15 is 0 Å². The first kappa shape index (κ1) is 8.87. The summed E-state index contributed by atoms with van der Waals surface area (Å²) in [6.07, 6.45) is 0.788. The summed E-state index contributed by atoms with van der Waals surface area (Å²) >= 11 is 1.69. The van der Waals surface area contributed by atoms with Crippen molar-refractivity contribution in [3.8, 4) is 0 Å². The molecular weight excluding hydrogens is 188 g/mol. The average molecular weight is 200 g/mol. The van der Waals surface area contributed by atoms with Crippen molar-refractivity contribution in [3.63, 3.8) is 0 Å². The lowest BCUT2D eigenvalue weighted by Gasteiger charge is -2.32. The molecule has 0 spiro atoms. The number of carbonyl (C=O) groups excluding carboxylic acids is 2. The first-order valence-corrected chi connectivity index (χ1v) is 5.12. The number of fused-ring (bicyclic) bond motifs is 2. The van der Waals surface area contributed by atoms with Gasteiger partial charge in [0.1, 0.15) is 6.04 Å². The molecule has 5 heteroatoms. The number of piperazine rings is 1. The van der Waals surface area contributed by atoms with Gasteiger partial charge in [0.15, 0.2) is 0 Å². The van der Waals surface area contributed by atoms with Crippen LogP contribution in [-0.2, 0) is 9.59 Å². The number of thioether (sulfide) groups is 1. The molecule has 2 bridgehead atoms. The molecule has 4 nitrogen and oxygen atoms in total.